The normalized spacial score (nSPS) is 11.9. The number of amides is 2. The first kappa shape index (κ1) is 17.9. The highest BCUT2D eigenvalue weighted by atomic mass is 32.1. The summed E-state index contributed by atoms with van der Waals surface area (Å²) in [6.45, 7) is 5.69. The van der Waals surface area contributed by atoms with Crippen molar-refractivity contribution in [1.29, 1.82) is 0 Å². The minimum atomic E-state index is -0.330. The maximum Gasteiger partial charge on any atom is 0.261 e. The fourth-order valence-electron chi connectivity index (χ4n) is 2.77. The van der Waals surface area contributed by atoms with Crippen LogP contribution in [0.25, 0.3) is 10.2 Å². The summed E-state index contributed by atoms with van der Waals surface area (Å²) in [5.74, 6) is -0.448. The molecule has 0 saturated heterocycles. The van der Waals surface area contributed by atoms with E-state index < -0.39 is 0 Å². The second-order valence-corrected chi connectivity index (χ2v) is 6.96. The Kier molecular flexibility index (Phi) is 5.18. The lowest BCUT2D eigenvalue weighted by Crippen LogP contribution is -2.37. The van der Waals surface area contributed by atoms with Crippen LogP contribution in [-0.2, 0) is 11.8 Å². The summed E-state index contributed by atoms with van der Waals surface area (Å²) < 4.78 is 1.78. The van der Waals surface area contributed by atoms with Gasteiger partial charge in [0.1, 0.15) is 4.83 Å². The Labute approximate surface area is 155 Å². The first-order valence-corrected chi connectivity index (χ1v) is 9.00. The highest BCUT2D eigenvalue weighted by molar-refractivity contribution is 7.20. The van der Waals surface area contributed by atoms with Gasteiger partial charge in [0.2, 0.25) is 5.91 Å². The zero-order valence-corrected chi connectivity index (χ0v) is 15.5. The van der Waals surface area contributed by atoms with Crippen molar-refractivity contribution >= 4 is 33.4 Å². The number of hydrogen-bond donors (Lipinski definition) is 2. The maximum absolute atomic E-state index is 12.6. The third-order valence-corrected chi connectivity index (χ3v) is 5.29. The molecule has 0 bridgehead atoms. The second kappa shape index (κ2) is 7.53. The Hall–Kier alpha value is -2.93. The Balaban J connectivity index is 1.74. The zero-order valence-electron chi connectivity index (χ0n) is 14.7. The standard InChI is InChI=1S/C19H20N4O2S/c1-4-17(24)21-15(13-8-6-5-7-9-13)11-20-18(25)16-10-14-12(2)22-23(3)19(14)26-16/h4-10,15H,1,11H2,2-3H3,(H,20,25)(H,21,24). The Bertz CT molecular complexity index is 924. The van der Waals surface area contributed by atoms with E-state index >= 15 is 0 Å². The number of aromatic nitrogens is 2. The van der Waals surface area contributed by atoms with Gasteiger partial charge in [-0.05, 0) is 24.6 Å². The van der Waals surface area contributed by atoms with Crippen LogP contribution >= 0.6 is 11.3 Å². The van der Waals surface area contributed by atoms with Crippen LogP contribution < -0.4 is 10.6 Å². The molecule has 134 valence electrons. The molecule has 0 radical (unpaired) electrons. The van der Waals surface area contributed by atoms with Gasteiger partial charge in [0.25, 0.3) is 5.91 Å². The van der Waals surface area contributed by atoms with Gasteiger partial charge in [-0.15, -0.1) is 11.3 Å². The van der Waals surface area contributed by atoms with Crippen LogP contribution in [0.3, 0.4) is 0 Å². The lowest BCUT2D eigenvalue weighted by molar-refractivity contribution is -0.117. The molecular weight excluding hydrogens is 348 g/mol. The topological polar surface area (TPSA) is 76.0 Å². The number of hydrogen-bond acceptors (Lipinski definition) is 4. The summed E-state index contributed by atoms with van der Waals surface area (Å²) in [4.78, 5) is 25.9. The molecule has 0 fully saturated rings. The predicted molar refractivity (Wildman–Crippen MR) is 103 cm³/mol. The van der Waals surface area contributed by atoms with Gasteiger partial charge in [-0.1, -0.05) is 36.9 Å². The van der Waals surface area contributed by atoms with E-state index in [9.17, 15) is 9.59 Å². The monoisotopic (exact) mass is 368 g/mol. The van der Waals surface area contributed by atoms with Crippen molar-refractivity contribution in [2.24, 2.45) is 7.05 Å². The summed E-state index contributed by atoms with van der Waals surface area (Å²) in [7, 11) is 1.86. The molecule has 1 atom stereocenters. The third kappa shape index (κ3) is 3.67. The number of carbonyl (C=O) groups is 2. The van der Waals surface area contributed by atoms with E-state index in [1.165, 1.54) is 17.4 Å². The number of aryl methyl sites for hydroxylation is 2. The van der Waals surface area contributed by atoms with Gasteiger partial charge in [-0.25, -0.2) is 0 Å². The molecule has 2 amide bonds. The van der Waals surface area contributed by atoms with E-state index in [2.05, 4.69) is 22.3 Å². The molecule has 2 heterocycles. The lowest BCUT2D eigenvalue weighted by atomic mass is 10.1. The van der Waals surface area contributed by atoms with Crippen LogP contribution in [0.15, 0.2) is 49.1 Å². The van der Waals surface area contributed by atoms with Gasteiger partial charge >= 0.3 is 0 Å². The SMILES string of the molecule is C=CC(=O)NC(CNC(=O)c1cc2c(C)nn(C)c2s1)c1ccccc1. The molecule has 0 aliphatic rings. The van der Waals surface area contributed by atoms with Gasteiger partial charge in [0.15, 0.2) is 0 Å². The molecular formula is C19H20N4O2S. The molecule has 1 unspecified atom stereocenters. The fraction of sp³-hybridized carbons (Fsp3) is 0.211. The van der Waals surface area contributed by atoms with Crippen LogP contribution in [0.2, 0.25) is 0 Å². The second-order valence-electron chi connectivity index (χ2n) is 5.92. The van der Waals surface area contributed by atoms with E-state index in [0.29, 0.717) is 4.88 Å². The smallest absolute Gasteiger partial charge is 0.261 e. The maximum atomic E-state index is 12.6. The lowest BCUT2D eigenvalue weighted by Gasteiger charge is -2.19. The number of carbonyl (C=O) groups excluding carboxylic acids is 2. The van der Waals surface area contributed by atoms with Crippen molar-refractivity contribution < 1.29 is 9.59 Å². The van der Waals surface area contributed by atoms with Crippen molar-refractivity contribution in [2.45, 2.75) is 13.0 Å². The van der Waals surface area contributed by atoms with E-state index in [4.69, 9.17) is 0 Å². The Morgan fingerprint density at radius 2 is 2.08 bits per heavy atom. The third-order valence-electron chi connectivity index (χ3n) is 4.09. The highest BCUT2D eigenvalue weighted by Gasteiger charge is 2.18. The molecule has 2 N–H and O–H groups in total. The minimum Gasteiger partial charge on any atom is -0.349 e. The summed E-state index contributed by atoms with van der Waals surface area (Å²) >= 11 is 1.40. The number of nitrogens with zero attached hydrogens (tertiary/aromatic N) is 2. The van der Waals surface area contributed by atoms with Crippen LogP contribution in [-0.4, -0.2) is 28.1 Å². The van der Waals surface area contributed by atoms with Crippen molar-refractivity contribution in [3.8, 4) is 0 Å². The van der Waals surface area contributed by atoms with Crippen LogP contribution in [0.1, 0.15) is 27.0 Å². The number of fused-ring (bicyclic) bond motifs is 1. The van der Waals surface area contributed by atoms with Crippen LogP contribution in [0.4, 0.5) is 0 Å². The number of rotatable bonds is 6. The van der Waals surface area contributed by atoms with E-state index in [1.807, 2.05) is 50.4 Å². The molecule has 3 aromatic rings. The molecule has 26 heavy (non-hydrogen) atoms. The van der Waals surface area contributed by atoms with Gasteiger partial charge in [0, 0.05) is 19.0 Å². The number of thiophene rings is 1. The number of nitrogens with one attached hydrogen (secondary N) is 2. The molecule has 0 spiro atoms. The minimum absolute atomic E-state index is 0.167. The quantitative estimate of drug-likeness (QED) is 0.657. The Morgan fingerprint density at radius 1 is 1.35 bits per heavy atom. The zero-order chi connectivity index (χ0) is 18.7. The summed E-state index contributed by atoms with van der Waals surface area (Å²) in [6.07, 6.45) is 1.22. The predicted octanol–water partition coefficient (Wildman–Crippen LogP) is 2.72. The molecule has 7 heteroatoms. The summed E-state index contributed by atoms with van der Waals surface area (Å²) in [5.41, 5.74) is 1.82. The fourth-order valence-corrected chi connectivity index (χ4v) is 3.81. The van der Waals surface area contributed by atoms with Crippen molar-refractivity contribution in [3.05, 3.63) is 65.2 Å². The van der Waals surface area contributed by atoms with Crippen molar-refractivity contribution in [2.75, 3.05) is 6.54 Å². The molecule has 6 nitrogen and oxygen atoms in total. The van der Waals surface area contributed by atoms with Crippen molar-refractivity contribution in [1.82, 2.24) is 20.4 Å². The van der Waals surface area contributed by atoms with E-state index in [-0.39, 0.29) is 24.4 Å². The highest BCUT2D eigenvalue weighted by Crippen LogP contribution is 2.27. The van der Waals surface area contributed by atoms with Gasteiger partial charge in [0.05, 0.1) is 16.6 Å². The largest absolute Gasteiger partial charge is 0.349 e. The first-order chi connectivity index (χ1) is 12.5. The average molecular weight is 368 g/mol. The number of benzene rings is 1. The first-order valence-electron chi connectivity index (χ1n) is 8.19. The molecule has 3 rings (SSSR count). The van der Waals surface area contributed by atoms with Gasteiger partial charge < -0.3 is 10.6 Å². The summed E-state index contributed by atoms with van der Waals surface area (Å²) in [6, 6.07) is 11.0. The molecule has 0 aliphatic carbocycles. The average Bonchev–Trinajstić information content (AvgIpc) is 3.20. The van der Waals surface area contributed by atoms with E-state index in [1.54, 1.807) is 4.68 Å². The molecule has 0 saturated carbocycles. The van der Waals surface area contributed by atoms with Crippen LogP contribution in [0.5, 0.6) is 0 Å². The molecule has 1 aromatic carbocycles. The van der Waals surface area contributed by atoms with Crippen LogP contribution in [0, 0.1) is 6.92 Å². The van der Waals surface area contributed by atoms with E-state index in [0.717, 1.165) is 21.5 Å². The summed E-state index contributed by atoms with van der Waals surface area (Å²) in [5, 5.41) is 11.1. The Morgan fingerprint density at radius 3 is 2.73 bits per heavy atom. The molecule has 2 aromatic heterocycles. The van der Waals surface area contributed by atoms with Gasteiger partial charge in [-0.3, -0.25) is 14.3 Å². The van der Waals surface area contributed by atoms with Gasteiger partial charge in [-0.2, -0.15) is 5.10 Å². The molecule has 0 aliphatic heterocycles. The van der Waals surface area contributed by atoms with Crippen molar-refractivity contribution in [3.63, 3.8) is 0 Å².